The number of aromatic nitrogens is 2. The molecular weight excluding hydrogens is 384 g/mol. The Morgan fingerprint density at radius 1 is 1.00 bits per heavy atom. The van der Waals surface area contributed by atoms with E-state index in [1.54, 1.807) is 29.2 Å². The van der Waals surface area contributed by atoms with Crippen molar-refractivity contribution in [1.29, 1.82) is 0 Å². The second kappa shape index (κ2) is 8.45. The first kappa shape index (κ1) is 20.4. The number of carbonyl (C=O) groups is 2. The fourth-order valence-corrected chi connectivity index (χ4v) is 4.62. The average molecular weight is 412 g/mol. The summed E-state index contributed by atoms with van der Waals surface area (Å²) in [5.41, 5.74) is -0.777. The normalized spacial score (nSPS) is 20.5. The number of rotatable bonds is 3. The molecule has 2 fully saturated rings. The van der Waals surface area contributed by atoms with Gasteiger partial charge in [0.2, 0.25) is 11.8 Å². The SMILES string of the molecule is CC1CCCN(C(=O)C2CCN(C(=O)Cn3[nH]c(=O)c4ccccc4c3=O)CC2)C1. The number of benzene rings is 1. The molecule has 160 valence electrons. The van der Waals surface area contributed by atoms with E-state index in [0.29, 0.717) is 42.6 Å². The molecule has 0 spiro atoms. The van der Waals surface area contributed by atoms with Crippen LogP contribution in [0.4, 0.5) is 0 Å². The van der Waals surface area contributed by atoms with Crippen molar-refractivity contribution in [3.05, 3.63) is 45.0 Å². The van der Waals surface area contributed by atoms with Gasteiger partial charge in [-0.05, 0) is 43.7 Å². The molecule has 2 aliphatic heterocycles. The van der Waals surface area contributed by atoms with Gasteiger partial charge in [0.05, 0.1) is 10.8 Å². The van der Waals surface area contributed by atoms with Gasteiger partial charge in [-0.25, -0.2) is 4.68 Å². The summed E-state index contributed by atoms with van der Waals surface area (Å²) in [7, 11) is 0. The van der Waals surface area contributed by atoms with Crippen molar-refractivity contribution in [2.24, 2.45) is 11.8 Å². The molecule has 4 rings (SSSR count). The van der Waals surface area contributed by atoms with Crippen LogP contribution < -0.4 is 11.1 Å². The highest BCUT2D eigenvalue weighted by molar-refractivity contribution is 5.82. The summed E-state index contributed by atoms with van der Waals surface area (Å²) in [6, 6.07) is 6.57. The minimum atomic E-state index is -0.391. The minimum Gasteiger partial charge on any atom is -0.342 e. The number of likely N-dealkylation sites (tertiary alicyclic amines) is 2. The molecule has 0 radical (unpaired) electrons. The molecule has 2 amide bonds. The van der Waals surface area contributed by atoms with Crippen molar-refractivity contribution in [2.75, 3.05) is 26.2 Å². The Labute approximate surface area is 174 Å². The summed E-state index contributed by atoms with van der Waals surface area (Å²) < 4.78 is 1.08. The van der Waals surface area contributed by atoms with Crippen LogP contribution in [0, 0.1) is 11.8 Å². The molecule has 2 aliphatic rings. The van der Waals surface area contributed by atoms with Crippen molar-refractivity contribution < 1.29 is 9.59 Å². The van der Waals surface area contributed by atoms with Gasteiger partial charge in [-0.15, -0.1) is 0 Å². The molecule has 3 heterocycles. The molecule has 1 N–H and O–H groups in total. The number of H-pyrrole nitrogens is 1. The van der Waals surface area contributed by atoms with Gasteiger partial charge < -0.3 is 9.80 Å². The molecule has 30 heavy (non-hydrogen) atoms. The van der Waals surface area contributed by atoms with E-state index in [2.05, 4.69) is 12.0 Å². The van der Waals surface area contributed by atoms with Crippen LogP contribution in [0.15, 0.2) is 33.9 Å². The lowest BCUT2D eigenvalue weighted by Crippen LogP contribution is -2.48. The molecule has 8 heteroatoms. The van der Waals surface area contributed by atoms with Gasteiger partial charge in [0.25, 0.3) is 11.1 Å². The number of nitrogens with zero attached hydrogens (tertiary/aromatic N) is 3. The first-order valence-corrected chi connectivity index (χ1v) is 10.7. The predicted octanol–water partition coefficient (Wildman–Crippen LogP) is 1.19. The zero-order valence-electron chi connectivity index (χ0n) is 17.3. The third kappa shape index (κ3) is 4.04. The largest absolute Gasteiger partial charge is 0.342 e. The Morgan fingerprint density at radius 3 is 2.40 bits per heavy atom. The molecular formula is C22H28N4O4. The van der Waals surface area contributed by atoms with Gasteiger partial charge in [0, 0.05) is 32.1 Å². The van der Waals surface area contributed by atoms with Crippen LogP contribution in [0.25, 0.3) is 10.8 Å². The molecule has 8 nitrogen and oxygen atoms in total. The lowest BCUT2D eigenvalue weighted by molar-refractivity contribution is -0.142. The smallest absolute Gasteiger partial charge is 0.273 e. The minimum absolute atomic E-state index is 0.0393. The molecule has 1 unspecified atom stereocenters. The van der Waals surface area contributed by atoms with Gasteiger partial charge in [0.1, 0.15) is 6.54 Å². The van der Waals surface area contributed by atoms with Crippen LogP contribution in [-0.2, 0) is 16.1 Å². The fourth-order valence-electron chi connectivity index (χ4n) is 4.62. The monoisotopic (exact) mass is 412 g/mol. The maximum Gasteiger partial charge on any atom is 0.273 e. The molecule has 2 saturated heterocycles. The Kier molecular flexibility index (Phi) is 5.74. The molecule has 1 aromatic heterocycles. The van der Waals surface area contributed by atoms with Crippen molar-refractivity contribution in [1.82, 2.24) is 19.6 Å². The molecule has 0 bridgehead atoms. The summed E-state index contributed by atoms with van der Waals surface area (Å²) in [6.07, 6.45) is 3.51. The zero-order valence-corrected chi connectivity index (χ0v) is 17.3. The number of nitrogens with one attached hydrogen (secondary N) is 1. The van der Waals surface area contributed by atoms with Crippen molar-refractivity contribution in [3.63, 3.8) is 0 Å². The average Bonchev–Trinajstić information content (AvgIpc) is 2.77. The second-order valence-electron chi connectivity index (χ2n) is 8.56. The quantitative estimate of drug-likeness (QED) is 0.819. The van der Waals surface area contributed by atoms with Gasteiger partial charge in [-0.3, -0.25) is 24.3 Å². The van der Waals surface area contributed by atoms with Gasteiger partial charge in [-0.1, -0.05) is 19.1 Å². The third-order valence-corrected chi connectivity index (χ3v) is 6.34. The summed E-state index contributed by atoms with van der Waals surface area (Å²) in [5, 5.41) is 3.12. The third-order valence-electron chi connectivity index (χ3n) is 6.34. The van der Waals surface area contributed by atoms with Crippen LogP contribution in [0.2, 0.25) is 0 Å². The van der Waals surface area contributed by atoms with Crippen molar-refractivity contribution >= 4 is 22.6 Å². The first-order chi connectivity index (χ1) is 14.4. The standard InChI is InChI=1S/C22H28N4O4/c1-15-5-4-10-25(13-15)21(29)16-8-11-24(12-9-16)19(27)14-26-22(30)18-7-3-2-6-17(18)20(28)23-26/h2-3,6-7,15-16H,4-5,8-14H2,1H3,(H,23,28). The maximum atomic E-state index is 12.8. The number of carbonyl (C=O) groups excluding carboxylic acids is 2. The van der Waals surface area contributed by atoms with E-state index in [0.717, 1.165) is 24.2 Å². The highest BCUT2D eigenvalue weighted by Crippen LogP contribution is 2.23. The van der Waals surface area contributed by atoms with Crippen LogP contribution >= 0.6 is 0 Å². The predicted molar refractivity (Wildman–Crippen MR) is 113 cm³/mol. The van der Waals surface area contributed by atoms with E-state index in [-0.39, 0.29) is 29.8 Å². The maximum absolute atomic E-state index is 12.8. The van der Waals surface area contributed by atoms with E-state index >= 15 is 0 Å². The lowest BCUT2D eigenvalue weighted by atomic mass is 9.92. The number of amides is 2. The first-order valence-electron chi connectivity index (χ1n) is 10.7. The van der Waals surface area contributed by atoms with Crippen LogP contribution in [0.1, 0.15) is 32.6 Å². The van der Waals surface area contributed by atoms with Gasteiger partial charge in [-0.2, -0.15) is 0 Å². The molecule has 1 aromatic carbocycles. The molecule has 2 aromatic rings. The summed E-state index contributed by atoms with van der Waals surface area (Å²) >= 11 is 0. The Balaban J connectivity index is 1.39. The van der Waals surface area contributed by atoms with E-state index in [1.165, 1.54) is 6.42 Å². The highest BCUT2D eigenvalue weighted by Gasteiger charge is 2.31. The van der Waals surface area contributed by atoms with Crippen LogP contribution in [0.3, 0.4) is 0 Å². The number of aromatic amines is 1. The Hall–Kier alpha value is -2.90. The molecule has 0 aliphatic carbocycles. The number of fused-ring (bicyclic) bond motifs is 1. The van der Waals surface area contributed by atoms with Crippen molar-refractivity contribution in [2.45, 2.75) is 39.2 Å². The van der Waals surface area contributed by atoms with E-state index in [4.69, 9.17) is 0 Å². The lowest BCUT2D eigenvalue weighted by Gasteiger charge is -2.37. The van der Waals surface area contributed by atoms with E-state index in [1.807, 2.05) is 4.90 Å². The van der Waals surface area contributed by atoms with E-state index in [9.17, 15) is 19.2 Å². The molecule has 0 saturated carbocycles. The Bertz CT molecular complexity index is 1060. The second-order valence-corrected chi connectivity index (χ2v) is 8.56. The number of hydrogen-bond acceptors (Lipinski definition) is 4. The number of piperidine rings is 2. The summed E-state index contributed by atoms with van der Waals surface area (Å²) in [6.45, 7) is 4.62. The fraction of sp³-hybridized carbons (Fsp3) is 0.545. The van der Waals surface area contributed by atoms with Crippen LogP contribution in [0.5, 0.6) is 0 Å². The zero-order chi connectivity index (χ0) is 21.3. The Morgan fingerprint density at radius 2 is 1.70 bits per heavy atom. The summed E-state index contributed by atoms with van der Waals surface area (Å²) in [4.78, 5) is 54.0. The topological polar surface area (TPSA) is 95.5 Å². The molecule has 1 atom stereocenters. The summed E-state index contributed by atoms with van der Waals surface area (Å²) in [5.74, 6) is 0.499. The van der Waals surface area contributed by atoms with Crippen molar-refractivity contribution in [3.8, 4) is 0 Å². The van der Waals surface area contributed by atoms with Crippen LogP contribution in [-0.4, -0.2) is 57.6 Å². The van der Waals surface area contributed by atoms with E-state index < -0.39 is 5.56 Å². The van der Waals surface area contributed by atoms with Gasteiger partial charge >= 0.3 is 0 Å². The van der Waals surface area contributed by atoms with Gasteiger partial charge in [0.15, 0.2) is 0 Å². The highest BCUT2D eigenvalue weighted by atomic mass is 16.2. The number of hydrogen-bond donors (Lipinski definition) is 1.